The second kappa shape index (κ2) is 6.99. The van der Waals surface area contributed by atoms with Gasteiger partial charge in [-0.25, -0.2) is 9.18 Å². The van der Waals surface area contributed by atoms with Gasteiger partial charge < -0.3 is 20.1 Å². The Morgan fingerprint density at radius 3 is 2.70 bits per heavy atom. The number of hydrogen-bond acceptors (Lipinski definition) is 3. The summed E-state index contributed by atoms with van der Waals surface area (Å²) in [5, 5.41) is 11.2. The molecule has 112 valence electrons. The number of urea groups is 1. The molecule has 0 aliphatic heterocycles. The van der Waals surface area contributed by atoms with Gasteiger partial charge in [0, 0.05) is 13.1 Å². The summed E-state index contributed by atoms with van der Waals surface area (Å²) in [5.41, 5.74) is -0.0892. The number of nitrogens with zero attached hydrogens (tertiary/aromatic N) is 1. The number of rotatable bonds is 5. The maximum atomic E-state index is 13.0. The molecule has 20 heavy (non-hydrogen) atoms. The first-order valence-corrected chi connectivity index (χ1v) is 5.74. The van der Waals surface area contributed by atoms with Crippen molar-refractivity contribution in [3.8, 4) is 5.75 Å². The Kier molecular flexibility index (Phi) is 5.63. The van der Waals surface area contributed by atoms with E-state index in [1.807, 2.05) is 0 Å². The number of benzene rings is 1. The van der Waals surface area contributed by atoms with Crippen LogP contribution in [0.5, 0.6) is 5.75 Å². The van der Waals surface area contributed by atoms with Crippen molar-refractivity contribution in [1.82, 2.24) is 4.90 Å². The molecule has 0 spiro atoms. The summed E-state index contributed by atoms with van der Waals surface area (Å²) < 4.78 is 41.6. The van der Waals surface area contributed by atoms with E-state index < -0.39 is 30.3 Å². The fourth-order valence-corrected chi connectivity index (χ4v) is 1.32. The van der Waals surface area contributed by atoms with Gasteiger partial charge in [0.1, 0.15) is 5.82 Å². The number of halogens is 3. The van der Waals surface area contributed by atoms with E-state index in [9.17, 15) is 18.0 Å². The number of amides is 2. The summed E-state index contributed by atoms with van der Waals surface area (Å²) in [5.74, 6) is -1.24. The lowest BCUT2D eigenvalue weighted by molar-refractivity contribution is -0.0495. The molecule has 0 radical (unpaired) electrons. The third-order valence-corrected chi connectivity index (χ3v) is 2.65. The fourth-order valence-electron chi connectivity index (χ4n) is 1.32. The Morgan fingerprint density at radius 2 is 2.15 bits per heavy atom. The zero-order valence-electron chi connectivity index (χ0n) is 10.9. The van der Waals surface area contributed by atoms with Crippen molar-refractivity contribution in [2.45, 2.75) is 19.6 Å². The second-order valence-corrected chi connectivity index (χ2v) is 4.09. The molecule has 5 nitrogen and oxygen atoms in total. The van der Waals surface area contributed by atoms with Crippen LogP contribution in [0.3, 0.4) is 0 Å². The molecule has 2 amide bonds. The first-order chi connectivity index (χ1) is 9.35. The molecule has 0 aromatic heterocycles. The van der Waals surface area contributed by atoms with Crippen LogP contribution in [0.15, 0.2) is 18.2 Å². The minimum Gasteiger partial charge on any atom is -0.432 e. The maximum absolute atomic E-state index is 13.0. The summed E-state index contributed by atoms with van der Waals surface area (Å²) >= 11 is 0. The summed E-state index contributed by atoms with van der Waals surface area (Å²) in [6.45, 7) is -1.80. The highest BCUT2D eigenvalue weighted by Gasteiger charge is 2.18. The highest BCUT2D eigenvalue weighted by molar-refractivity contribution is 5.91. The maximum Gasteiger partial charge on any atom is 0.387 e. The lowest BCUT2D eigenvalue weighted by Crippen LogP contribution is -2.40. The Hall–Kier alpha value is -1.96. The molecule has 8 heteroatoms. The quantitative estimate of drug-likeness (QED) is 0.875. The van der Waals surface area contributed by atoms with E-state index in [2.05, 4.69) is 10.1 Å². The zero-order valence-corrected chi connectivity index (χ0v) is 10.9. The van der Waals surface area contributed by atoms with Gasteiger partial charge in [0.2, 0.25) is 0 Å². The number of carbonyl (C=O) groups is 1. The Bertz CT molecular complexity index is 471. The average molecular weight is 292 g/mol. The molecule has 0 saturated carbocycles. The van der Waals surface area contributed by atoms with Crippen molar-refractivity contribution in [1.29, 1.82) is 0 Å². The monoisotopic (exact) mass is 292 g/mol. The number of alkyl halides is 2. The molecule has 1 rings (SSSR count). The van der Waals surface area contributed by atoms with Crippen molar-refractivity contribution < 1.29 is 27.8 Å². The third kappa shape index (κ3) is 4.30. The average Bonchev–Trinajstić information content (AvgIpc) is 2.39. The lowest BCUT2D eigenvalue weighted by Gasteiger charge is -2.24. The summed E-state index contributed by atoms with van der Waals surface area (Å²) in [7, 11) is 1.42. The van der Waals surface area contributed by atoms with E-state index in [4.69, 9.17) is 5.11 Å². The van der Waals surface area contributed by atoms with Gasteiger partial charge in [-0.05, 0) is 19.1 Å². The molecule has 1 unspecified atom stereocenters. The van der Waals surface area contributed by atoms with Gasteiger partial charge in [0.25, 0.3) is 0 Å². The minimum atomic E-state index is -3.14. The van der Waals surface area contributed by atoms with Crippen LogP contribution in [0.2, 0.25) is 0 Å². The molecule has 0 aliphatic rings. The van der Waals surface area contributed by atoms with Gasteiger partial charge in [0.05, 0.1) is 18.3 Å². The van der Waals surface area contributed by atoms with Crippen LogP contribution in [-0.2, 0) is 0 Å². The smallest absolute Gasteiger partial charge is 0.387 e. The first kappa shape index (κ1) is 16.1. The number of aliphatic hydroxyl groups is 1. The van der Waals surface area contributed by atoms with Crippen LogP contribution in [0.25, 0.3) is 0 Å². The largest absolute Gasteiger partial charge is 0.432 e. The van der Waals surface area contributed by atoms with E-state index >= 15 is 0 Å². The number of nitrogens with one attached hydrogen (secondary N) is 1. The number of carbonyl (C=O) groups excluding carboxylic acids is 1. The fraction of sp³-hybridized carbons (Fsp3) is 0.417. The SMILES string of the molecule is CC(CO)N(C)C(=O)Nc1ccc(F)cc1OC(F)F. The lowest BCUT2D eigenvalue weighted by atomic mass is 10.3. The van der Waals surface area contributed by atoms with Gasteiger partial charge in [-0.2, -0.15) is 8.78 Å². The summed E-state index contributed by atoms with van der Waals surface area (Å²) in [6.07, 6.45) is 0. The summed E-state index contributed by atoms with van der Waals surface area (Å²) in [6, 6.07) is 1.76. The second-order valence-electron chi connectivity index (χ2n) is 4.09. The predicted molar refractivity (Wildman–Crippen MR) is 66.4 cm³/mol. The molecule has 0 fully saturated rings. The number of anilines is 1. The van der Waals surface area contributed by atoms with Gasteiger partial charge in [-0.15, -0.1) is 0 Å². The molecular weight excluding hydrogens is 277 g/mol. The Balaban J connectivity index is 2.88. The van der Waals surface area contributed by atoms with Gasteiger partial charge in [-0.3, -0.25) is 0 Å². The first-order valence-electron chi connectivity index (χ1n) is 5.74. The van der Waals surface area contributed by atoms with Crippen LogP contribution in [0, 0.1) is 5.82 Å². The number of hydrogen-bond donors (Lipinski definition) is 2. The van der Waals surface area contributed by atoms with E-state index in [0.717, 1.165) is 18.2 Å². The van der Waals surface area contributed by atoms with Crippen LogP contribution in [0.4, 0.5) is 23.7 Å². The number of aliphatic hydroxyl groups excluding tert-OH is 1. The molecule has 1 aromatic rings. The van der Waals surface area contributed by atoms with Gasteiger partial charge in [0.15, 0.2) is 5.75 Å². The highest BCUT2D eigenvalue weighted by atomic mass is 19.3. The van der Waals surface area contributed by atoms with E-state index in [1.54, 1.807) is 6.92 Å². The van der Waals surface area contributed by atoms with E-state index in [1.165, 1.54) is 11.9 Å². The van der Waals surface area contributed by atoms with E-state index in [-0.39, 0.29) is 12.3 Å². The molecule has 0 saturated heterocycles. The standard InChI is InChI=1S/C12H15F3N2O3/c1-7(6-18)17(2)12(19)16-9-4-3-8(13)5-10(9)20-11(14)15/h3-5,7,11,18H,6H2,1-2H3,(H,16,19). The topological polar surface area (TPSA) is 61.8 Å². The van der Waals surface area contributed by atoms with Gasteiger partial charge >= 0.3 is 12.6 Å². The predicted octanol–water partition coefficient (Wildman–Crippen LogP) is 2.27. The molecule has 1 atom stereocenters. The van der Waals surface area contributed by atoms with Crippen LogP contribution >= 0.6 is 0 Å². The van der Waals surface area contributed by atoms with Crippen molar-refractivity contribution in [3.05, 3.63) is 24.0 Å². The highest BCUT2D eigenvalue weighted by Crippen LogP contribution is 2.27. The van der Waals surface area contributed by atoms with Crippen molar-refractivity contribution >= 4 is 11.7 Å². The number of ether oxygens (including phenoxy) is 1. The molecule has 1 aromatic carbocycles. The van der Waals surface area contributed by atoms with Crippen molar-refractivity contribution in [2.75, 3.05) is 19.0 Å². The summed E-state index contributed by atoms with van der Waals surface area (Å²) in [4.78, 5) is 13.0. The van der Waals surface area contributed by atoms with Crippen molar-refractivity contribution in [2.24, 2.45) is 0 Å². The number of likely N-dealkylation sites (N-methyl/N-ethyl adjacent to an activating group) is 1. The van der Waals surface area contributed by atoms with Crippen LogP contribution in [-0.4, -0.2) is 42.3 Å². The third-order valence-electron chi connectivity index (χ3n) is 2.65. The Labute approximate surface area is 113 Å². The van der Waals surface area contributed by atoms with Crippen LogP contribution in [0.1, 0.15) is 6.92 Å². The Morgan fingerprint density at radius 1 is 1.50 bits per heavy atom. The molecule has 0 heterocycles. The molecule has 2 N–H and O–H groups in total. The zero-order chi connectivity index (χ0) is 15.3. The van der Waals surface area contributed by atoms with E-state index in [0.29, 0.717) is 0 Å². The normalized spacial score (nSPS) is 12.2. The molecule has 0 aliphatic carbocycles. The molecular formula is C12H15F3N2O3. The van der Waals surface area contributed by atoms with Crippen molar-refractivity contribution in [3.63, 3.8) is 0 Å². The van der Waals surface area contributed by atoms with Crippen LogP contribution < -0.4 is 10.1 Å². The minimum absolute atomic E-state index is 0.0892. The van der Waals surface area contributed by atoms with Gasteiger partial charge in [-0.1, -0.05) is 0 Å². The molecule has 0 bridgehead atoms.